The van der Waals surface area contributed by atoms with Gasteiger partial charge in [-0.15, -0.1) is 0 Å². The number of ether oxygens (including phenoxy) is 1. The second kappa shape index (κ2) is 7.24. The molecule has 0 bridgehead atoms. The molecule has 2 aliphatic heterocycles. The number of piperidine rings is 1. The molecule has 0 radical (unpaired) electrons. The van der Waals surface area contributed by atoms with Gasteiger partial charge in [0.2, 0.25) is 5.91 Å². The van der Waals surface area contributed by atoms with Crippen LogP contribution in [0.1, 0.15) is 18.7 Å². The van der Waals surface area contributed by atoms with Crippen LogP contribution in [0.5, 0.6) is 0 Å². The number of amides is 1. The molecule has 122 valence electrons. The molecule has 0 aliphatic carbocycles. The first-order chi connectivity index (χ1) is 10.7. The number of rotatable bonds is 4. The molecule has 0 spiro atoms. The van der Waals surface area contributed by atoms with E-state index in [4.69, 9.17) is 4.74 Å². The molecule has 0 unspecified atom stereocenters. The van der Waals surface area contributed by atoms with Gasteiger partial charge in [-0.2, -0.15) is 0 Å². The van der Waals surface area contributed by atoms with Gasteiger partial charge in [0.1, 0.15) is 5.82 Å². The summed E-state index contributed by atoms with van der Waals surface area (Å²) >= 11 is 0. The summed E-state index contributed by atoms with van der Waals surface area (Å²) in [6.45, 7) is 8.56. The fourth-order valence-electron chi connectivity index (χ4n) is 3.31. The highest BCUT2D eigenvalue weighted by atomic mass is 16.5. The lowest BCUT2D eigenvalue weighted by Crippen LogP contribution is -2.47. The molecule has 1 aromatic heterocycles. The highest BCUT2D eigenvalue weighted by Gasteiger charge is 2.24. The molecule has 0 N–H and O–H groups in total. The van der Waals surface area contributed by atoms with Crippen molar-refractivity contribution in [3.63, 3.8) is 0 Å². The van der Waals surface area contributed by atoms with Crippen molar-refractivity contribution >= 4 is 5.91 Å². The minimum absolute atomic E-state index is 0.257. The van der Waals surface area contributed by atoms with Crippen molar-refractivity contribution in [1.29, 1.82) is 0 Å². The first-order valence-electron chi connectivity index (χ1n) is 8.28. The molecule has 6 heteroatoms. The molecule has 6 nitrogen and oxygen atoms in total. The lowest BCUT2D eigenvalue weighted by Gasteiger charge is -2.34. The molecule has 2 aliphatic rings. The van der Waals surface area contributed by atoms with Crippen LogP contribution in [0.4, 0.5) is 0 Å². The zero-order chi connectivity index (χ0) is 15.4. The van der Waals surface area contributed by atoms with Crippen LogP contribution in [-0.2, 0) is 16.1 Å². The minimum atomic E-state index is 0.257. The van der Waals surface area contributed by atoms with Gasteiger partial charge in [-0.25, -0.2) is 4.98 Å². The van der Waals surface area contributed by atoms with E-state index >= 15 is 0 Å². The molecule has 1 amide bonds. The van der Waals surface area contributed by atoms with Gasteiger partial charge >= 0.3 is 0 Å². The van der Waals surface area contributed by atoms with Crippen LogP contribution in [-0.4, -0.2) is 71.2 Å². The highest BCUT2D eigenvalue weighted by Crippen LogP contribution is 2.19. The molecule has 2 fully saturated rings. The molecular weight excluding hydrogens is 280 g/mol. The van der Waals surface area contributed by atoms with E-state index in [1.54, 1.807) is 0 Å². The van der Waals surface area contributed by atoms with Gasteiger partial charge < -0.3 is 14.2 Å². The van der Waals surface area contributed by atoms with Crippen molar-refractivity contribution in [3.05, 3.63) is 18.2 Å². The van der Waals surface area contributed by atoms with Gasteiger partial charge in [0, 0.05) is 32.0 Å². The van der Waals surface area contributed by atoms with Crippen molar-refractivity contribution in [3.8, 4) is 0 Å². The third kappa shape index (κ3) is 3.87. The van der Waals surface area contributed by atoms with E-state index in [2.05, 4.69) is 27.6 Å². The van der Waals surface area contributed by atoms with Crippen molar-refractivity contribution in [1.82, 2.24) is 19.4 Å². The zero-order valence-corrected chi connectivity index (χ0v) is 13.4. The standard InChI is InChI=1S/C16H26N4O2/c1-14-17-4-7-20(14)12-15-2-5-18(6-3-15)13-16(21)19-8-10-22-11-9-19/h4,7,15H,2-3,5-6,8-13H2,1H3. The maximum Gasteiger partial charge on any atom is 0.236 e. The Kier molecular flexibility index (Phi) is 5.10. The number of hydrogen-bond acceptors (Lipinski definition) is 4. The highest BCUT2D eigenvalue weighted by molar-refractivity contribution is 5.78. The van der Waals surface area contributed by atoms with E-state index in [0.29, 0.717) is 25.7 Å². The van der Waals surface area contributed by atoms with Crippen molar-refractivity contribution < 1.29 is 9.53 Å². The van der Waals surface area contributed by atoms with E-state index in [-0.39, 0.29) is 5.91 Å². The van der Waals surface area contributed by atoms with E-state index in [9.17, 15) is 4.79 Å². The molecule has 2 saturated heterocycles. The SMILES string of the molecule is Cc1nccn1CC1CCN(CC(=O)N2CCOCC2)CC1. The minimum Gasteiger partial charge on any atom is -0.378 e. The molecular formula is C16H26N4O2. The topological polar surface area (TPSA) is 50.6 Å². The molecule has 3 heterocycles. The quantitative estimate of drug-likeness (QED) is 0.824. The summed E-state index contributed by atoms with van der Waals surface area (Å²) < 4.78 is 7.53. The summed E-state index contributed by atoms with van der Waals surface area (Å²) in [5, 5.41) is 0. The summed E-state index contributed by atoms with van der Waals surface area (Å²) in [7, 11) is 0. The van der Waals surface area contributed by atoms with Gasteiger partial charge in [0.25, 0.3) is 0 Å². The average molecular weight is 306 g/mol. The van der Waals surface area contributed by atoms with E-state index < -0.39 is 0 Å². The molecule has 0 aromatic carbocycles. The Hall–Kier alpha value is -1.40. The van der Waals surface area contributed by atoms with Crippen LogP contribution >= 0.6 is 0 Å². The largest absolute Gasteiger partial charge is 0.378 e. The summed E-state index contributed by atoms with van der Waals surface area (Å²) in [6, 6.07) is 0. The molecule has 0 saturated carbocycles. The number of imidazole rings is 1. The Morgan fingerprint density at radius 2 is 2.00 bits per heavy atom. The van der Waals surface area contributed by atoms with Crippen molar-refractivity contribution in [2.45, 2.75) is 26.3 Å². The van der Waals surface area contributed by atoms with Crippen LogP contribution in [0.25, 0.3) is 0 Å². The van der Waals surface area contributed by atoms with Crippen LogP contribution in [0.2, 0.25) is 0 Å². The molecule has 1 aromatic rings. The fraction of sp³-hybridized carbons (Fsp3) is 0.750. The Labute approximate surface area is 132 Å². The van der Waals surface area contributed by atoms with E-state index in [0.717, 1.165) is 51.4 Å². The average Bonchev–Trinajstić information content (AvgIpc) is 2.95. The number of aryl methyl sites for hydroxylation is 1. The Balaban J connectivity index is 1.41. The van der Waals surface area contributed by atoms with Crippen molar-refractivity contribution in [2.75, 3.05) is 45.9 Å². The Morgan fingerprint density at radius 1 is 1.27 bits per heavy atom. The Bertz CT molecular complexity index is 488. The van der Waals surface area contributed by atoms with Crippen LogP contribution < -0.4 is 0 Å². The van der Waals surface area contributed by atoms with Gasteiger partial charge in [0.15, 0.2) is 0 Å². The van der Waals surface area contributed by atoms with Gasteiger partial charge in [-0.05, 0) is 38.8 Å². The summed E-state index contributed by atoms with van der Waals surface area (Å²) in [6.07, 6.45) is 6.25. The number of carbonyl (C=O) groups is 1. The van der Waals surface area contributed by atoms with Gasteiger partial charge in [0.05, 0.1) is 19.8 Å². The zero-order valence-electron chi connectivity index (χ0n) is 13.4. The van der Waals surface area contributed by atoms with Gasteiger partial charge in [-0.3, -0.25) is 9.69 Å². The predicted octanol–water partition coefficient (Wildman–Crippen LogP) is 0.762. The van der Waals surface area contributed by atoms with Crippen molar-refractivity contribution in [2.24, 2.45) is 5.92 Å². The normalized spacial score (nSPS) is 21.2. The third-order valence-electron chi connectivity index (χ3n) is 4.81. The molecule has 22 heavy (non-hydrogen) atoms. The first kappa shape index (κ1) is 15.5. The maximum absolute atomic E-state index is 12.3. The van der Waals surface area contributed by atoms with Crippen LogP contribution in [0, 0.1) is 12.8 Å². The maximum atomic E-state index is 12.3. The summed E-state index contributed by atoms with van der Waals surface area (Å²) in [4.78, 5) is 20.8. The second-order valence-electron chi connectivity index (χ2n) is 6.34. The lowest BCUT2D eigenvalue weighted by atomic mass is 9.96. The van der Waals surface area contributed by atoms with Crippen LogP contribution in [0.3, 0.4) is 0 Å². The number of carbonyl (C=O) groups excluding carboxylic acids is 1. The number of aromatic nitrogens is 2. The monoisotopic (exact) mass is 306 g/mol. The van der Waals surface area contributed by atoms with E-state index in [1.165, 1.54) is 0 Å². The van der Waals surface area contributed by atoms with E-state index in [1.807, 2.05) is 11.1 Å². The van der Waals surface area contributed by atoms with Crippen LogP contribution in [0.15, 0.2) is 12.4 Å². The first-order valence-corrected chi connectivity index (χ1v) is 8.28. The number of likely N-dealkylation sites (tertiary alicyclic amines) is 1. The number of hydrogen-bond donors (Lipinski definition) is 0. The number of nitrogens with zero attached hydrogens (tertiary/aromatic N) is 4. The Morgan fingerprint density at radius 3 is 2.64 bits per heavy atom. The summed E-state index contributed by atoms with van der Waals surface area (Å²) in [5.74, 6) is 2.04. The number of morpholine rings is 1. The smallest absolute Gasteiger partial charge is 0.236 e. The van der Waals surface area contributed by atoms with Gasteiger partial charge in [-0.1, -0.05) is 0 Å². The molecule has 3 rings (SSSR count). The molecule has 0 atom stereocenters. The lowest BCUT2D eigenvalue weighted by molar-refractivity contribution is -0.136. The fourth-order valence-corrected chi connectivity index (χ4v) is 3.31. The third-order valence-corrected chi connectivity index (χ3v) is 4.81. The second-order valence-corrected chi connectivity index (χ2v) is 6.34. The summed E-state index contributed by atoms with van der Waals surface area (Å²) in [5.41, 5.74) is 0. The predicted molar refractivity (Wildman–Crippen MR) is 83.5 cm³/mol.